The molecule has 1 aromatic heterocycles. The third kappa shape index (κ3) is 4.76. The molecule has 0 aromatic carbocycles. The van der Waals surface area contributed by atoms with Gasteiger partial charge in [-0.2, -0.15) is 0 Å². The summed E-state index contributed by atoms with van der Waals surface area (Å²) < 4.78 is 5.30. The van der Waals surface area contributed by atoms with Crippen molar-refractivity contribution in [2.24, 2.45) is 5.92 Å². The van der Waals surface area contributed by atoms with Crippen LogP contribution in [0.25, 0.3) is 0 Å². The van der Waals surface area contributed by atoms with Crippen LogP contribution < -0.4 is 5.32 Å². The highest BCUT2D eigenvalue weighted by Crippen LogP contribution is 2.29. The highest BCUT2D eigenvalue weighted by Gasteiger charge is 2.38. The highest BCUT2D eigenvalue weighted by molar-refractivity contribution is 7.15. The lowest BCUT2D eigenvalue weighted by Gasteiger charge is -2.31. The van der Waals surface area contributed by atoms with Gasteiger partial charge in [0.2, 0.25) is 16.9 Å². The van der Waals surface area contributed by atoms with Crippen molar-refractivity contribution in [1.82, 2.24) is 15.1 Å². The zero-order chi connectivity index (χ0) is 17.6. The minimum Gasteiger partial charge on any atom is -0.381 e. The topological polar surface area (TPSA) is 84.4 Å². The molecule has 1 unspecified atom stereocenters. The molecule has 2 fully saturated rings. The lowest BCUT2D eigenvalue weighted by Crippen LogP contribution is -2.38. The van der Waals surface area contributed by atoms with Crippen molar-refractivity contribution in [3.05, 3.63) is 5.01 Å². The van der Waals surface area contributed by atoms with E-state index in [0.717, 1.165) is 17.8 Å². The summed E-state index contributed by atoms with van der Waals surface area (Å²) in [5, 5.41) is 12.3. The molecule has 1 aromatic rings. The van der Waals surface area contributed by atoms with Gasteiger partial charge >= 0.3 is 0 Å². The van der Waals surface area contributed by atoms with E-state index in [1.165, 1.54) is 30.6 Å². The van der Waals surface area contributed by atoms with Crippen LogP contribution in [0.3, 0.4) is 0 Å². The van der Waals surface area contributed by atoms with E-state index >= 15 is 0 Å². The maximum absolute atomic E-state index is 12.5. The molecule has 2 aliphatic rings. The molecule has 25 heavy (non-hydrogen) atoms. The number of hydrogen-bond donors (Lipinski definition) is 1. The molecule has 138 valence electrons. The van der Waals surface area contributed by atoms with Crippen LogP contribution in [0.2, 0.25) is 0 Å². The molecular weight excluding hydrogens is 340 g/mol. The Kier molecular flexibility index (Phi) is 6.36. The molecule has 1 N–H and O–H groups in total. The molecule has 3 rings (SSSR count). The molecule has 0 bridgehead atoms. The second kappa shape index (κ2) is 8.71. The molecule has 1 aliphatic carbocycles. The maximum Gasteiger partial charge on any atom is 0.231 e. The zero-order valence-corrected chi connectivity index (χ0v) is 15.5. The largest absolute Gasteiger partial charge is 0.381 e. The van der Waals surface area contributed by atoms with E-state index < -0.39 is 0 Å². The molecular formula is C17H26N4O3S. The molecule has 0 spiro atoms. The first-order valence-electron chi connectivity index (χ1n) is 9.17. The van der Waals surface area contributed by atoms with Gasteiger partial charge in [0.1, 0.15) is 5.01 Å². The summed E-state index contributed by atoms with van der Waals surface area (Å²) in [5.41, 5.74) is 0. The smallest absolute Gasteiger partial charge is 0.231 e. The van der Waals surface area contributed by atoms with Crippen LogP contribution in [0.5, 0.6) is 0 Å². The predicted molar refractivity (Wildman–Crippen MR) is 95.4 cm³/mol. The van der Waals surface area contributed by atoms with Gasteiger partial charge in [0.15, 0.2) is 0 Å². The van der Waals surface area contributed by atoms with Crippen LogP contribution in [-0.4, -0.2) is 52.7 Å². The van der Waals surface area contributed by atoms with Gasteiger partial charge in [-0.15, -0.1) is 10.2 Å². The Morgan fingerprint density at radius 3 is 2.88 bits per heavy atom. The Labute approximate surface area is 152 Å². The monoisotopic (exact) mass is 366 g/mol. The van der Waals surface area contributed by atoms with E-state index in [-0.39, 0.29) is 17.7 Å². The molecule has 1 saturated carbocycles. The highest BCUT2D eigenvalue weighted by atomic mass is 32.1. The summed E-state index contributed by atoms with van der Waals surface area (Å²) in [4.78, 5) is 26.7. The molecule has 2 heterocycles. The SMILES string of the molecule is CCOCCc1nnc(NC(=O)C2CC(=O)N(C3CCCCC3)C2)s1. The van der Waals surface area contributed by atoms with Gasteiger partial charge in [-0.1, -0.05) is 30.6 Å². The molecule has 1 saturated heterocycles. The number of ether oxygens (including phenoxy) is 1. The number of hydrogen-bond acceptors (Lipinski definition) is 6. The Balaban J connectivity index is 1.50. The van der Waals surface area contributed by atoms with Gasteiger partial charge < -0.3 is 15.0 Å². The summed E-state index contributed by atoms with van der Waals surface area (Å²) in [6, 6.07) is 0.325. The maximum atomic E-state index is 12.5. The third-order valence-electron chi connectivity index (χ3n) is 4.91. The quantitative estimate of drug-likeness (QED) is 0.748. The Morgan fingerprint density at radius 1 is 1.32 bits per heavy atom. The fourth-order valence-electron chi connectivity index (χ4n) is 3.57. The van der Waals surface area contributed by atoms with E-state index in [0.29, 0.717) is 43.8 Å². The molecule has 8 heteroatoms. The summed E-state index contributed by atoms with van der Waals surface area (Å²) in [6.07, 6.45) is 6.75. The summed E-state index contributed by atoms with van der Waals surface area (Å²) >= 11 is 1.37. The van der Waals surface area contributed by atoms with Crippen LogP contribution >= 0.6 is 11.3 Å². The second-order valence-corrected chi connectivity index (χ2v) is 7.74. The molecule has 0 radical (unpaired) electrons. The number of nitrogens with zero attached hydrogens (tertiary/aromatic N) is 3. The van der Waals surface area contributed by atoms with Crippen LogP contribution in [0.1, 0.15) is 50.5 Å². The first-order chi connectivity index (χ1) is 12.2. The summed E-state index contributed by atoms with van der Waals surface area (Å²) in [5.74, 6) is -0.300. The first kappa shape index (κ1) is 18.3. The van der Waals surface area contributed by atoms with Crippen molar-refractivity contribution in [1.29, 1.82) is 0 Å². The summed E-state index contributed by atoms with van der Waals surface area (Å²) in [7, 11) is 0. The van der Waals surface area contributed by atoms with Crippen LogP contribution in [-0.2, 0) is 20.7 Å². The van der Waals surface area contributed by atoms with E-state index in [1.807, 2.05) is 11.8 Å². The first-order valence-corrected chi connectivity index (χ1v) is 9.99. The lowest BCUT2D eigenvalue weighted by atomic mass is 9.94. The van der Waals surface area contributed by atoms with Crippen LogP contribution in [0, 0.1) is 5.92 Å². The number of carbonyl (C=O) groups is 2. The Morgan fingerprint density at radius 2 is 2.12 bits per heavy atom. The van der Waals surface area contributed by atoms with Crippen molar-refractivity contribution in [2.45, 2.75) is 57.9 Å². The fourth-order valence-corrected chi connectivity index (χ4v) is 4.29. The Bertz CT molecular complexity index is 600. The normalized spacial score (nSPS) is 21.7. The standard InChI is InChI=1S/C17H26N4O3S/c1-2-24-9-8-14-19-20-17(25-14)18-16(23)12-10-15(22)21(11-12)13-6-4-3-5-7-13/h12-13H,2-11H2,1H3,(H,18,20,23). The van der Waals surface area contributed by atoms with Crippen molar-refractivity contribution >= 4 is 28.3 Å². The Hall–Kier alpha value is -1.54. The number of carbonyl (C=O) groups excluding carboxylic acids is 2. The number of rotatable bonds is 7. The van der Waals surface area contributed by atoms with Crippen LogP contribution in [0.15, 0.2) is 0 Å². The number of anilines is 1. The van der Waals surface area contributed by atoms with E-state index in [4.69, 9.17) is 4.74 Å². The third-order valence-corrected chi connectivity index (χ3v) is 5.80. The average molecular weight is 366 g/mol. The van der Waals surface area contributed by atoms with Gasteiger partial charge in [-0.05, 0) is 19.8 Å². The van der Waals surface area contributed by atoms with Gasteiger partial charge in [0.25, 0.3) is 0 Å². The molecule has 1 aliphatic heterocycles. The predicted octanol–water partition coefficient (Wildman–Crippen LogP) is 2.24. The van der Waals surface area contributed by atoms with Gasteiger partial charge in [0, 0.05) is 32.0 Å². The summed E-state index contributed by atoms with van der Waals surface area (Å²) in [6.45, 7) is 3.76. The molecule has 1 atom stereocenters. The molecule has 2 amide bonds. The minimum atomic E-state index is -0.287. The fraction of sp³-hybridized carbons (Fsp3) is 0.765. The number of nitrogens with one attached hydrogen (secondary N) is 1. The average Bonchev–Trinajstić information content (AvgIpc) is 3.22. The number of likely N-dealkylation sites (tertiary alicyclic amines) is 1. The van der Waals surface area contributed by atoms with E-state index in [9.17, 15) is 9.59 Å². The van der Waals surface area contributed by atoms with Crippen molar-refractivity contribution in [3.63, 3.8) is 0 Å². The van der Waals surface area contributed by atoms with Gasteiger partial charge in [-0.3, -0.25) is 9.59 Å². The molecule has 7 nitrogen and oxygen atoms in total. The lowest BCUT2D eigenvalue weighted by molar-refractivity contribution is -0.130. The van der Waals surface area contributed by atoms with Crippen LogP contribution in [0.4, 0.5) is 5.13 Å². The second-order valence-electron chi connectivity index (χ2n) is 6.68. The minimum absolute atomic E-state index is 0.113. The van der Waals surface area contributed by atoms with E-state index in [1.54, 1.807) is 0 Å². The van der Waals surface area contributed by atoms with Crippen molar-refractivity contribution in [2.75, 3.05) is 25.1 Å². The van der Waals surface area contributed by atoms with Crippen molar-refractivity contribution in [3.8, 4) is 0 Å². The van der Waals surface area contributed by atoms with Crippen molar-refractivity contribution < 1.29 is 14.3 Å². The number of aromatic nitrogens is 2. The number of amides is 2. The van der Waals surface area contributed by atoms with E-state index in [2.05, 4.69) is 15.5 Å². The van der Waals surface area contributed by atoms with Gasteiger partial charge in [-0.25, -0.2) is 0 Å². The zero-order valence-electron chi connectivity index (χ0n) is 14.7. The van der Waals surface area contributed by atoms with Gasteiger partial charge in [0.05, 0.1) is 12.5 Å².